The predicted molar refractivity (Wildman–Crippen MR) is 95.2 cm³/mol. The highest BCUT2D eigenvalue weighted by Gasteiger charge is 2.09. The molecule has 0 aliphatic heterocycles. The van der Waals surface area contributed by atoms with Crippen molar-refractivity contribution < 1.29 is 18.7 Å². The summed E-state index contributed by atoms with van der Waals surface area (Å²) in [4.78, 5) is 23.0. The van der Waals surface area contributed by atoms with Gasteiger partial charge in [0.2, 0.25) is 11.8 Å². The molecule has 0 saturated heterocycles. The second-order valence-corrected chi connectivity index (χ2v) is 5.69. The molecule has 25 heavy (non-hydrogen) atoms. The number of hydrogen-bond acceptors (Lipinski definition) is 3. The van der Waals surface area contributed by atoms with E-state index in [1.807, 2.05) is 31.2 Å². The van der Waals surface area contributed by atoms with E-state index in [2.05, 4.69) is 10.6 Å². The summed E-state index contributed by atoms with van der Waals surface area (Å²) in [5.74, 6) is -0.378. The Hall–Kier alpha value is -2.89. The summed E-state index contributed by atoms with van der Waals surface area (Å²) >= 11 is 0. The maximum Gasteiger partial charge on any atom is 0.224 e. The third-order valence-electron chi connectivity index (χ3n) is 3.37. The van der Waals surface area contributed by atoms with Crippen molar-refractivity contribution >= 4 is 23.2 Å². The van der Waals surface area contributed by atoms with Gasteiger partial charge in [-0.3, -0.25) is 9.59 Å². The van der Waals surface area contributed by atoms with Crippen LogP contribution in [0, 0.1) is 12.7 Å². The van der Waals surface area contributed by atoms with Gasteiger partial charge in [0, 0.05) is 19.0 Å². The van der Waals surface area contributed by atoms with Gasteiger partial charge in [-0.2, -0.15) is 0 Å². The van der Waals surface area contributed by atoms with Gasteiger partial charge in [-0.1, -0.05) is 12.1 Å². The Kier molecular flexibility index (Phi) is 6.51. The first-order chi connectivity index (χ1) is 11.9. The Morgan fingerprint density at radius 2 is 1.92 bits per heavy atom. The molecule has 0 bridgehead atoms. The Labute approximate surface area is 146 Å². The molecule has 132 valence electrons. The topological polar surface area (TPSA) is 67.4 Å². The van der Waals surface area contributed by atoms with Gasteiger partial charge in [0.25, 0.3) is 0 Å². The van der Waals surface area contributed by atoms with Crippen LogP contribution in [0.5, 0.6) is 5.75 Å². The highest BCUT2D eigenvalue weighted by atomic mass is 19.1. The molecule has 0 aliphatic carbocycles. The molecule has 2 rings (SSSR count). The molecule has 2 N–H and O–H groups in total. The van der Waals surface area contributed by atoms with Crippen LogP contribution in [0.25, 0.3) is 0 Å². The molecule has 0 aliphatic rings. The molecule has 0 atom stereocenters. The molecule has 2 aromatic carbocycles. The first-order valence-electron chi connectivity index (χ1n) is 8.00. The SMILES string of the molecule is CC(=O)Nc1ccc(F)c(NC(=O)CCCOc2cccc(C)c2)c1. The van der Waals surface area contributed by atoms with Crippen LogP contribution >= 0.6 is 0 Å². The van der Waals surface area contributed by atoms with Gasteiger partial charge in [-0.05, 0) is 49.2 Å². The lowest BCUT2D eigenvalue weighted by Crippen LogP contribution is -2.14. The van der Waals surface area contributed by atoms with Gasteiger partial charge in [-0.15, -0.1) is 0 Å². The smallest absolute Gasteiger partial charge is 0.224 e. The number of amides is 2. The fraction of sp³-hybridized carbons (Fsp3) is 0.263. The minimum absolute atomic E-state index is 0.0378. The fourth-order valence-electron chi connectivity index (χ4n) is 2.24. The molecule has 0 aromatic heterocycles. The number of carbonyl (C=O) groups excluding carboxylic acids is 2. The van der Waals surface area contributed by atoms with Crippen LogP contribution in [0.2, 0.25) is 0 Å². The van der Waals surface area contributed by atoms with E-state index >= 15 is 0 Å². The molecule has 0 spiro atoms. The number of nitrogens with one attached hydrogen (secondary N) is 2. The number of carbonyl (C=O) groups is 2. The van der Waals surface area contributed by atoms with Gasteiger partial charge in [0.05, 0.1) is 12.3 Å². The zero-order valence-corrected chi connectivity index (χ0v) is 14.3. The molecular formula is C19H21FN2O3. The van der Waals surface area contributed by atoms with E-state index in [0.29, 0.717) is 18.7 Å². The molecule has 0 fully saturated rings. The number of aryl methyl sites for hydroxylation is 1. The monoisotopic (exact) mass is 344 g/mol. The third kappa shape index (κ3) is 6.25. The Morgan fingerprint density at radius 1 is 1.12 bits per heavy atom. The lowest BCUT2D eigenvalue weighted by molar-refractivity contribution is -0.116. The average Bonchev–Trinajstić information content (AvgIpc) is 2.54. The van der Waals surface area contributed by atoms with Gasteiger partial charge in [0.1, 0.15) is 11.6 Å². The van der Waals surface area contributed by atoms with E-state index in [0.717, 1.165) is 11.3 Å². The normalized spacial score (nSPS) is 10.2. The van der Waals surface area contributed by atoms with Gasteiger partial charge < -0.3 is 15.4 Å². The van der Waals surface area contributed by atoms with Crippen molar-refractivity contribution in [1.29, 1.82) is 0 Å². The van der Waals surface area contributed by atoms with Crippen molar-refractivity contribution in [2.45, 2.75) is 26.7 Å². The van der Waals surface area contributed by atoms with Crippen molar-refractivity contribution in [2.24, 2.45) is 0 Å². The maximum absolute atomic E-state index is 13.8. The summed E-state index contributed by atoms with van der Waals surface area (Å²) in [5.41, 5.74) is 1.56. The zero-order valence-electron chi connectivity index (χ0n) is 14.3. The lowest BCUT2D eigenvalue weighted by Gasteiger charge is -2.10. The summed E-state index contributed by atoms with van der Waals surface area (Å²) in [6.45, 7) is 3.73. The van der Waals surface area contributed by atoms with E-state index in [1.54, 1.807) is 0 Å². The van der Waals surface area contributed by atoms with Crippen molar-refractivity contribution in [2.75, 3.05) is 17.2 Å². The van der Waals surface area contributed by atoms with Gasteiger partial charge >= 0.3 is 0 Å². The first kappa shape index (κ1) is 18.4. The number of anilines is 2. The van der Waals surface area contributed by atoms with Crippen molar-refractivity contribution in [3.8, 4) is 5.75 Å². The largest absolute Gasteiger partial charge is 0.494 e. The number of hydrogen-bond donors (Lipinski definition) is 2. The minimum atomic E-state index is -0.557. The summed E-state index contributed by atoms with van der Waals surface area (Å²) in [5, 5.41) is 5.05. The summed E-state index contributed by atoms with van der Waals surface area (Å²) in [7, 11) is 0. The first-order valence-corrected chi connectivity index (χ1v) is 8.00. The fourth-order valence-corrected chi connectivity index (χ4v) is 2.24. The second-order valence-electron chi connectivity index (χ2n) is 5.69. The molecule has 2 amide bonds. The Balaban J connectivity index is 1.81. The molecular weight excluding hydrogens is 323 g/mol. The summed E-state index contributed by atoms with van der Waals surface area (Å²) < 4.78 is 19.3. The minimum Gasteiger partial charge on any atom is -0.494 e. The van der Waals surface area contributed by atoms with Crippen molar-refractivity contribution in [1.82, 2.24) is 0 Å². The third-order valence-corrected chi connectivity index (χ3v) is 3.37. The van der Waals surface area contributed by atoms with Gasteiger partial charge in [0.15, 0.2) is 0 Å². The van der Waals surface area contributed by atoms with E-state index in [1.165, 1.54) is 25.1 Å². The highest BCUT2D eigenvalue weighted by molar-refractivity contribution is 5.93. The average molecular weight is 344 g/mol. The van der Waals surface area contributed by atoms with Crippen molar-refractivity contribution in [3.05, 3.63) is 53.8 Å². The van der Waals surface area contributed by atoms with Crippen molar-refractivity contribution in [3.63, 3.8) is 0 Å². The van der Waals surface area contributed by atoms with Crippen LogP contribution in [0.3, 0.4) is 0 Å². The Morgan fingerprint density at radius 3 is 2.64 bits per heavy atom. The number of ether oxygens (including phenoxy) is 1. The van der Waals surface area contributed by atoms with Crippen LogP contribution in [-0.2, 0) is 9.59 Å². The standard InChI is InChI=1S/C19H21FN2O3/c1-13-5-3-6-16(11-13)25-10-4-7-19(24)22-18-12-15(21-14(2)23)8-9-17(18)20/h3,5-6,8-9,11-12H,4,7,10H2,1-2H3,(H,21,23)(H,22,24). The van der Waals surface area contributed by atoms with Gasteiger partial charge in [-0.25, -0.2) is 4.39 Å². The molecule has 0 radical (unpaired) electrons. The van der Waals surface area contributed by atoms with Crippen LogP contribution in [-0.4, -0.2) is 18.4 Å². The molecule has 0 heterocycles. The highest BCUT2D eigenvalue weighted by Crippen LogP contribution is 2.20. The lowest BCUT2D eigenvalue weighted by atomic mass is 10.2. The number of rotatable bonds is 7. The van der Waals surface area contributed by atoms with Crippen LogP contribution in [0.15, 0.2) is 42.5 Å². The molecule has 5 nitrogen and oxygen atoms in total. The Bertz CT molecular complexity index is 762. The van der Waals surface area contributed by atoms with E-state index in [-0.39, 0.29) is 23.9 Å². The van der Waals surface area contributed by atoms with Crippen LogP contribution < -0.4 is 15.4 Å². The zero-order chi connectivity index (χ0) is 18.2. The molecule has 6 heteroatoms. The number of halogens is 1. The van der Waals surface area contributed by atoms with Crippen LogP contribution in [0.1, 0.15) is 25.3 Å². The van der Waals surface area contributed by atoms with E-state index in [9.17, 15) is 14.0 Å². The summed E-state index contributed by atoms with van der Waals surface area (Å²) in [6.07, 6.45) is 0.711. The summed E-state index contributed by atoms with van der Waals surface area (Å²) in [6, 6.07) is 11.7. The maximum atomic E-state index is 13.8. The van der Waals surface area contributed by atoms with Crippen LogP contribution in [0.4, 0.5) is 15.8 Å². The molecule has 0 saturated carbocycles. The predicted octanol–water partition coefficient (Wildman–Crippen LogP) is 3.89. The quantitative estimate of drug-likeness (QED) is 0.749. The van der Waals surface area contributed by atoms with E-state index < -0.39 is 5.82 Å². The number of benzene rings is 2. The second kappa shape index (κ2) is 8.82. The molecule has 0 unspecified atom stereocenters. The van der Waals surface area contributed by atoms with E-state index in [4.69, 9.17) is 4.74 Å². The molecule has 2 aromatic rings.